The molecule has 4 rings (SSSR count). The van der Waals surface area contributed by atoms with Crippen LogP contribution in [0.5, 0.6) is 5.75 Å². The van der Waals surface area contributed by atoms with Crippen LogP contribution in [0.2, 0.25) is 0 Å². The summed E-state index contributed by atoms with van der Waals surface area (Å²) in [5.74, 6) is -1.98. The van der Waals surface area contributed by atoms with Crippen LogP contribution >= 0.6 is 0 Å². The molecule has 164 valence electrons. The summed E-state index contributed by atoms with van der Waals surface area (Å²) >= 11 is 0. The zero-order valence-corrected chi connectivity index (χ0v) is 17.7. The molecule has 0 bridgehead atoms. The maximum absolute atomic E-state index is 14.5. The molecule has 1 amide bonds. The second-order valence-corrected chi connectivity index (χ2v) is 8.56. The summed E-state index contributed by atoms with van der Waals surface area (Å²) in [7, 11) is 0. The number of carbonyl (C=O) groups is 2. The van der Waals surface area contributed by atoms with Crippen LogP contribution in [-0.2, 0) is 4.79 Å². The molecule has 5 nitrogen and oxygen atoms in total. The minimum atomic E-state index is -0.945. The van der Waals surface area contributed by atoms with Crippen molar-refractivity contribution in [1.29, 1.82) is 0 Å². The van der Waals surface area contributed by atoms with Gasteiger partial charge in [-0.15, -0.1) is 0 Å². The first kappa shape index (κ1) is 21.3. The molecule has 2 fully saturated rings. The summed E-state index contributed by atoms with van der Waals surface area (Å²) in [5.41, 5.74) is 1.29. The summed E-state index contributed by atoms with van der Waals surface area (Å²) in [6.07, 6.45) is 5.73. The number of hydrogen-bond donors (Lipinski definition) is 1. The van der Waals surface area contributed by atoms with E-state index in [-0.39, 0.29) is 11.7 Å². The number of amides is 1. The highest BCUT2D eigenvalue weighted by atomic mass is 19.1. The largest absolute Gasteiger partial charge is 0.490 e. The Morgan fingerprint density at radius 3 is 2.39 bits per heavy atom. The summed E-state index contributed by atoms with van der Waals surface area (Å²) in [6.45, 7) is 2.08. The lowest BCUT2D eigenvalue weighted by Gasteiger charge is -2.40. The fourth-order valence-corrected chi connectivity index (χ4v) is 4.88. The van der Waals surface area contributed by atoms with E-state index in [4.69, 9.17) is 4.74 Å². The molecule has 1 aliphatic heterocycles. The Hall–Kier alpha value is -2.89. The number of carboxylic acids is 1. The summed E-state index contributed by atoms with van der Waals surface area (Å²) < 4.78 is 20.5. The lowest BCUT2D eigenvalue weighted by Crippen LogP contribution is -2.45. The van der Waals surface area contributed by atoms with Crippen molar-refractivity contribution in [3.8, 4) is 5.75 Å². The second kappa shape index (κ2) is 9.08. The van der Waals surface area contributed by atoms with Gasteiger partial charge < -0.3 is 14.7 Å². The van der Waals surface area contributed by atoms with E-state index < -0.39 is 29.7 Å². The van der Waals surface area contributed by atoms with Crippen LogP contribution in [0.4, 0.5) is 4.39 Å². The van der Waals surface area contributed by atoms with Crippen LogP contribution in [0, 0.1) is 18.7 Å². The maximum Gasteiger partial charge on any atom is 0.308 e. The molecule has 31 heavy (non-hydrogen) atoms. The Morgan fingerprint density at radius 2 is 1.74 bits per heavy atom. The van der Waals surface area contributed by atoms with Gasteiger partial charge in [0, 0.05) is 6.54 Å². The fourth-order valence-electron chi connectivity index (χ4n) is 4.88. The van der Waals surface area contributed by atoms with Gasteiger partial charge in [0.2, 0.25) is 0 Å². The maximum atomic E-state index is 14.5. The lowest BCUT2D eigenvalue weighted by molar-refractivity contribution is -0.145. The first-order valence-electron chi connectivity index (χ1n) is 11.0. The first-order valence-corrected chi connectivity index (χ1v) is 11.0. The number of carboxylic acid groups (broad SMARTS) is 1. The number of benzene rings is 2. The highest BCUT2D eigenvalue weighted by molar-refractivity contribution is 5.96. The van der Waals surface area contributed by atoms with Gasteiger partial charge in [0.25, 0.3) is 5.91 Å². The van der Waals surface area contributed by atoms with E-state index in [2.05, 4.69) is 0 Å². The summed E-state index contributed by atoms with van der Waals surface area (Å²) in [6, 6.07) is 11.2. The Labute approximate surface area is 181 Å². The molecule has 0 aromatic heterocycles. The minimum absolute atomic E-state index is 0.0136. The van der Waals surface area contributed by atoms with Gasteiger partial charge in [0.1, 0.15) is 11.6 Å². The van der Waals surface area contributed by atoms with Crippen molar-refractivity contribution in [1.82, 2.24) is 4.90 Å². The van der Waals surface area contributed by atoms with E-state index in [0.29, 0.717) is 24.9 Å². The van der Waals surface area contributed by atoms with E-state index in [1.165, 1.54) is 23.8 Å². The van der Waals surface area contributed by atoms with E-state index in [1.807, 2.05) is 24.3 Å². The number of aryl methyl sites for hydroxylation is 1. The Bertz CT molecular complexity index is 932. The SMILES string of the molecule is Cc1cccc(F)c1C(=O)N1CCC[C@H](C(=O)O)[C@@H]1c1ccc(OC2CCCC2)cc1. The van der Waals surface area contributed by atoms with Gasteiger partial charge in [-0.3, -0.25) is 9.59 Å². The van der Waals surface area contributed by atoms with Gasteiger partial charge in [-0.1, -0.05) is 24.3 Å². The van der Waals surface area contributed by atoms with Gasteiger partial charge in [0.05, 0.1) is 23.6 Å². The molecular weight excluding hydrogens is 397 g/mol. The molecule has 2 aromatic carbocycles. The number of piperidine rings is 1. The summed E-state index contributed by atoms with van der Waals surface area (Å²) in [4.78, 5) is 26.9. The number of aliphatic carboxylic acids is 1. The van der Waals surface area contributed by atoms with Crippen LogP contribution in [-0.4, -0.2) is 34.5 Å². The molecule has 2 atom stereocenters. The van der Waals surface area contributed by atoms with Crippen LogP contribution < -0.4 is 4.74 Å². The predicted molar refractivity (Wildman–Crippen MR) is 115 cm³/mol. The van der Waals surface area contributed by atoms with Crippen molar-refractivity contribution < 1.29 is 23.8 Å². The number of ether oxygens (including phenoxy) is 1. The molecule has 6 heteroatoms. The average Bonchev–Trinajstić information content (AvgIpc) is 3.26. The van der Waals surface area contributed by atoms with Crippen LogP contribution in [0.15, 0.2) is 42.5 Å². The van der Waals surface area contributed by atoms with Crippen molar-refractivity contribution in [2.75, 3.05) is 6.54 Å². The topological polar surface area (TPSA) is 66.8 Å². The zero-order valence-electron chi connectivity index (χ0n) is 17.7. The fraction of sp³-hybridized carbons (Fsp3) is 0.440. The molecule has 1 saturated heterocycles. The monoisotopic (exact) mass is 425 g/mol. The van der Waals surface area contributed by atoms with Gasteiger partial charge in [-0.05, 0) is 74.8 Å². The molecule has 0 spiro atoms. The predicted octanol–water partition coefficient (Wildman–Crippen LogP) is 5.13. The van der Waals surface area contributed by atoms with Crippen molar-refractivity contribution in [2.45, 2.75) is 57.6 Å². The van der Waals surface area contributed by atoms with Crippen molar-refractivity contribution >= 4 is 11.9 Å². The molecule has 2 aromatic rings. The standard InChI is InChI=1S/C25H28FNO4/c1-16-6-4-10-21(26)22(16)24(28)27-15-5-9-20(25(29)30)23(27)17-11-13-19(14-12-17)31-18-7-2-3-8-18/h4,6,10-14,18,20,23H,2-3,5,7-9,15H2,1H3,(H,29,30)/t20-,23-/m0/s1. The molecular formula is C25H28FNO4. The van der Waals surface area contributed by atoms with Crippen molar-refractivity contribution in [2.24, 2.45) is 5.92 Å². The third-order valence-electron chi connectivity index (χ3n) is 6.47. The van der Waals surface area contributed by atoms with E-state index in [0.717, 1.165) is 24.2 Å². The normalized spacial score (nSPS) is 21.8. The Balaban J connectivity index is 1.65. The summed E-state index contributed by atoms with van der Waals surface area (Å²) in [5, 5.41) is 9.86. The van der Waals surface area contributed by atoms with Gasteiger partial charge in [-0.2, -0.15) is 0 Å². The number of halogens is 1. The number of nitrogens with zero attached hydrogens (tertiary/aromatic N) is 1. The average molecular weight is 426 g/mol. The molecule has 0 radical (unpaired) electrons. The van der Waals surface area contributed by atoms with E-state index in [1.54, 1.807) is 19.1 Å². The minimum Gasteiger partial charge on any atom is -0.490 e. The molecule has 1 N–H and O–H groups in total. The Morgan fingerprint density at radius 1 is 1.03 bits per heavy atom. The van der Waals surface area contributed by atoms with Gasteiger partial charge >= 0.3 is 5.97 Å². The highest BCUT2D eigenvalue weighted by Crippen LogP contribution is 2.38. The molecule has 1 saturated carbocycles. The Kier molecular flexibility index (Phi) is 6.25. The molecule has 0 unspecified atom stereocenters. The smallest absolute Gasteiger partial charge is 0.308 e. The number of carbonyl (C=O) groups excluding carboxylic acids is 1. The number of hydrogen-bond acceptors (Lipinski definition) is 3. The van der Waals surface area contributed by atoms with Crippen molar-refractivity contribution in [3.05, 3.63) is 65.0 Å². The zero-order chi connectivity index (χ0) is 22.0. The van der Waals surface area contributed by atoms with E-state index >= 15 is 0 Å². The van der Waals surface area contributed by atoms with Crippen LogP contribution in [0.25, 0.3) is 0 Å². The van der Waals surface area contributed by atoms with Gasteiger partial charge in [0.15, 0.2) is 0 Å². The quantitative estimate of drug-likeness (QED) is 0.721. The van der Waals surface area contributed by atoms with Crippen molar-refractivity contribution in [3.63, 3.8) is 0 Å². The first-order chi connectivity index (χ1) is 15.0. The molecule has 1 aliphatic carbocycles. The highest BCUT2D eigenvalue weighted by Gasteiger charge is 2.40. The molecule has 1 heterocycles. The third-order valence-corrected chi connectivity index (χ3v) is 6.47. The lowest BCUT2D eigenvalue weighted by atomic mass is 9.84. The van der Waals surface area contributed by atoms with Crippen LogP contribution in [0.3, 0.4) is 0 Å². The number of likely N-dealkylation sites (tertiary alicyclic amines) is 1. The third kappa shape index (κ3) is 4.43. The number of rotatable bonds is 5. The van der Waals surface area contributed by atoms with Crippen LogP contribution in [0.1, 0.15) is 66.1 Å². The molecule has 2 aliphatic rings. The van der Waals surface area contributed by atoms with E-state index in [9.17, 15) is 19.1 Å². The van der Waals surface area contributed by atoms with Gasteiger partial charge in [-0.25, -0.2) is 4.39 Å². The second-order valence-electron chi connectivity index (χ2n) is 8.56.